The van der Waals surface area contributed by atoms with Gasteiger partial charge in [-0.25, -0.2) is 0 Å². The minimum absolute atomic E-state index is 0.364. The van der Waals surface area contributed by atoms with Crippen LogP contribution in [0.5, 0.6) is 0 Å². The first kappa shape index (κ1) is 12.4. The van der Waals surface area contributed by atoms with Gasteiger partial charge in [0, 0.05) is 11.1 Å². The lowest BCUT2D eigenvalue weighted by Crippen LogP contribution is -2.66. The highest BCUT2D eigenvalue weighted by atomic mass is 15.4. The van der Waals surface area contributed by atoms with E-state index in [1.807, 2.05) is 0 Å². The Balaban J connectivity index is 2.24. The fourth-order valence-electron chi connectivity index (χ4n) is 3.48. The second-order valence-corrected chi connectivity index (χ2v) is 7.10. The third-order valence-corrected chi connectivity index (χ3v) is 5.38. The van der Waals surface area contributed by atoms with Crippen molar-refractivity contribution in [1.29, 1.82) is 0 Å². The molecule has 16 heavy (non-hydrogen) atoms. The normalized spacial score (nSPS) is 39.4. The molecular formula is C14H28N2. The predicted octanol–water partition coefficient (Wildman–Crippen LogP) is 2.94. The summed E-state index contributed by atoms with van der Waals surface area (Å²) < 4.78 is 0. The van der Waals surface area contributed by atoms with E-state index in [1.165, 1.54) is 25.7 Å². The third kappa shape index (κ3) is 1.80. The smallest absolute Gasteiger partial charge is 0.0655 e. The van der Waals surface area contributed by atoms with Gasteiger partial charge in [0.1, 0.15) is 0 Å². The van der Waals surface area contributed by atoms with Crippen LogP contribution in [-0.2, 0) is 0 Å². The van der Waals surface area contributed by atoms with Crippen molar-refractivity contribution in [2.24, 2.45) is 5.92 Å². The minimum atomic E-state index is 0.364. The second-order valence-electron chi connectivity index (χ2n) is 7.10. The summed E-state index contributed by atoms with van der Waals surface area (Å²) in [7, 11) is 4.63. The topological polar surface area (TPSA) is 6.48 Å². The lowest BCUT2D eigenvalue weighted by atomic mass is 9.74. The molecule has 2 fully saturated rings. The molecule has 0 aromatic heterocycles. The molecule has 0 unspecified atom stereocenters. The molecule has 0 aromatic carbocycles. The van der Waals surface area contributed by atoms with Crippen LogP contribution in [0.3, 0.4) is 0 Å². The van der Waals surface area contributed by atoms with Gasteiger partial charge in [-0.15, -0.1) is 0 Å². The fraction of sp³-hybridized carbons (Fsp3) is 1.00. The SMILES string of the molecule is CN1C2C(CCC1(C)C)CCC(C)(C)N2C. The molecule has 2 saturated heterocycles. The Morgan fingerprint density at radius 2 is 1.19 bits per heavy atom. The summed E-state index contributed by atoms with van der Waals surface area (Å²) in [5, 5.41) is 0. The summed E-state index contributed by atoms with van der Waals surface area (Å²) in [6, 6.07) is 0. The molecule has 0 saturated carbocycles. The molecule has 0 atom stereocenters. The van der Waals surface area contributed by atoms with E-state index < -0.39 is 0 Å². The first-order valence-electron chi connectivity index (χ1n) is 6.71. The van der Waals surface area contributed by atoms with Gasteiger partial charge in [0.15, 0.2) is 0 Å². The van der Waals surface area contributed by atoms with Crippen LogP contribution in [-0.4, -0.2) is 41.1 Å². The molecule has 0 N–H and O–H groups in total. The maximum Gasteiger partial charge on any atom is 0.0655 e. The molecule has 0 aliphatic carbocycles. The number of rotatable bonds is 0. The van der Waals surface area contributed by atoms with E-state index >= 15 is 0 Å². The van der Waals surface area contributed by atoms with Crippen LogP contribution >= 0.6 is 0 Å². The largest absolute Gasteiger partial charge is 0.285 e. The number of hydrogen-bond acceptors (Lipinski definition) is 2. The van der Waals surface area contributed by atoms with Crippen molar-refractivity contribution < 1.29 is 0 Å². The monoisotopic (exact) mass is 224 g/mol. The van der Waals surface area contributed by atoms with Crippen LogP contribution in [0, 0.1) is 5.92 Å². The van der Waals surface area contributed by atoms with Crippen LogP contribution < -0.4 is 0 Å². The Hall–Kier alpha value is -0.0800. The molecule has 2 aliphatic rings. The highest BCUT2D eigenvalue weighted by Crippen LogP contribution is 2.43. The summed E-state index contributed by atoms with van der Waals surface area (Å²) in [5.74, 6) is 0.885. The quantitative estimate of drug-likeness (QED) is 0.624. The number of piperidine rings is 2. The Morgan fingerprint density at radius 3 is 1.56 bits per heavy atom. The van der Waals surface area contributed by atoms with E-state index in [1.54, 1.807) is 0 Å². The van der Waals surface area contributed by atoms with Crippen molar-refractivity contribution in [2.45, 2.75) is 70.6 Å². The molecule has 2 aliphatic heterocycles. The highest BCUT2D eigenvalue weighted by molar-refractivity contribution is 5.00. The van der Waals surface area contributed by atoms with Crippen molar-refractivity contribution in [3.63, 3.8) is 0 Å². The van der Waals surface area contributed by atoms with Gasteiger partial charge >= 0.3 is 0 Å². The Labute approximate surface area is 101 Å². The molecule has 2 heterocycles. The van der Waals surface area contributed by atoms with Crippen molar-refractivity contribution in [3.8, 4) is 0 Å². The van der Waals surface area contributed by atoms with Gasteiger partial charge in [-0.2, -0.15) is 0 Å². The molecule has 94 valence electrons. The molecule has 0 spiro atoms. The van der Waals surface area contributed by atoms with E-state index in [9.17, 15) is 0 Å². The summed E-state index contributed by atoms with van der Waals surface area (Å²) in [4.78, 5) is 5.23. The molecule has 0 aromatic rings. The zero-order valence-corrected chi connectivity index (χ0v) is 11.9. The van der Waals surface area contributed by atoms with Crippen molar-refractivity contribution in [3.05, 3.63) is 0 Å². The number of hydrogen-bond donors (Lipinski definition) is 0. The lowest BCUT2D eigenvalue weighted by Gasteiger charge is -2.59. The predicted molar refractivity (Wildman–Crippen MR) is 69.4 cm³/mol. The van der Waals surface area contributed by atoms with Crippen LogP contribution in [0.15, 0.2) is 0 Å². The summed E-state index contributed by atoms with van der Waals surface area (Å²) in [6.07, 6.45) is 6.15. The Morgan fingerprint density at radius 1 is 0.812 bits per heavy atom. The lowest BCUT2D eigenvalue weighted by molar-refractivity contribution is -0.127. The molecule has 2 nitrogen and oxygen atoms in total. The van der Waals surface area contributed by atoms with Crippen molar-refractivity contribution >= 4 is 0 Å². The number of nitrogens with zero attached hydrogens (tertiary/aromatic N) is 2. The Bertz CT molecular complexity index is 244. The van der Waals surface area contributed by atoms with E-state index in [0.717, 1.165) is 5.92 Å². The van der Waals surface area contributed by atoms with Crippen molar-refractivity contribution in [2.75, 3.05) is 14.1 Å². The molecule has 0 bridgehead atoms. The van der Waals surface area contributed by atoms with Crippen LogP contribution in [0.25, 0.3) is 0 Å². The zero-order chi connectivity index (χ0) is 12.1. The van der Waals surface area contributed by atoms with Gasteiger partial charge in [0.25, 0.3) is 0 Å². The van der Waals surface area contributed by atoms with E-state index in [-0.39, 0.29) is 0 Å². The van der Waals surface area contributed by atoms with E-state index in [2.05, 4.69) is 51.6 Å². The van der Waals surface area contributed by atoms with Gasteiger partial charge in [-0.3, -0.25) is 9.80 Å². The zero-order valence-electron chi connectivity index (χ0n) is 11.9. The number of likely N-dealkylation sites (tertiary alicyclic amines) is 2. The summed E-state index contributed by atoms with van der Waals surface area (Å²) >= 11 is 0. The number of fused-ring (bicyclic) bond motifs is 1. The van der Waals surface area contributed by atoms with Crippen molar-refractivity contribution in [1.82, 2.24) is 9.80 Å². The molecule has 2 rings (SSSR count). The van der Waals surface area contributed by atoms with Gasteiger partial charge in [0.2, 0.25) is 0 Å². The second kappa shape index (κ2) is 3.71. The Kier molecular flexibility index (Phi) is 2.87. The molecule has 0 amide bonds. The summed E-state index contributed by atoms with van der Waals surface area (Å²) in [5.41, 5.74) is 0.728. The van der Waals surface area contributed by atoms with E-state index in [4.69, 9.17) is 0 Å². The summed E-state index contributed by atoms with van der Waals surface area (Å²) in [6.45, 7) is 9.55. The standard InChI is InChI=1S/C14H28N2/c1-13(2)9-7-11-8-10-14(3,4)16(6)12(11)15(13)5/h11-12H,7-10H2,1-6H3. The highest BCUT2D eigenvalue weighted by Gasteiger charge is 2.47. The van der Waals surface area contributed by atoms with Crippen LogP contribution in [0.2, 0.25) is 0 Å². The van der Waals surface area contributed by atoms with Gasteiger partial charge in [-0.1, -0.05) is 0 Å². The van der Waals surface area contributed by atoms with Crippen LogP contribution in [0.4, 0.5) is 0 Å². The van der Waals surface area contributed by atoms with Gasteiger partial charge in [-0.05, 0) is 73.4 Å². The average Bonchev–Trinajstić information content (AvgIpc) is 2.18. The van der Waals surface area contributed by atoms with Gasteiger partial charge in [0.05, 0.1) is 6.17 Å². The minimum Gasteiger partial charge on any atom is -0.285 e. The molecule has 0 radical (unpaired) electrons. The maximum absolute atomic E-state index is 2.61. The third-order valence-electron chi connectivity index (χ3n) is 5.38. The van der Waals surface area contributed by atoms with E-state index in [0.29, 0.717) is 17.2 Å². The molecular weight excluding hydrogens is 196 g/mol. The fourth-order valence-corrected chi connectivity index (χ4v) is 3.48. The van der Waals surface area contributed by atoms with Gasteiger partial charge < -0.3 is 0 Å². The maximum atomic E-state index is 2.61. The first-order valence-corrected chi connectivity index (χ1v) is 6.71. The average molecular weight is 224 g/mol. The molecule has 2 heteroatoms. The first-order chi connectivity index (χ1) is 7.26. The van der Waals surface area contributed by atoms with Crippen LogP contribution in [0.1, 0.15) is 53.4 Å².